The van der Waals surface area contributed by atoms with E-state index < -0.39 is 0 Å². The van der Waals surface area contributed by atoms with Crippen LogP contribution in [0.2, 0.25) is 0 Å². The zero-order chi connectivity index (χ0) is 30.6. The Hall–Kier alpha value is -4.24. The number of likely N-dealkylation sites (N-methyl/N-ethyl adjacent to an activating group) is 2. The van der Waals surface area contributed by atoms with Crippen LogP contribution in [0.4, 0.5) is 27.4 Å². The van der Waals surface area contributed by atoms with Crippen molar-refractivity contribution in [2.24, 2.45) is 0 Å². The van der Waals surface area contributed by atoms with Gasteiger partial charge in [-0.15, -0.1) is 0 Å². The highest BCUT2D eigenvalue weighted by Crippen LogP contribution is 2.35. The molecule has 2 aromatic carbocycles. The molecule has 0 radical (unpaired) electrons. The second-order valence-electron chi connectivity index (χ2n) is 11.0. The molecule has 0 saturated heterocycles. The SMILES string of the molecule is C=CC(=C)Nc1cc(Nc2nccc(-c3cc(F)c4nc(CC)n(C(C)C)c4c3)n2)c(CC)cc1N(C)CCN(C)C. The number of aryl methyl sites for hydroxylation is 2. The number of hydrogen-bond acceptors (Lipinski definition) is 7. The average molecular weight is 571 g/mol. The van der Waals surface area contributed by atoms with Gasteiger partial charge in [-0.2, -0.15) is 0 Å². The number of rotatable bonds is 13. The van der Waals surface area contributed by atoms with Crippen LogP contribution in [-0.4, -0.2) is 58.7 Å². The lowest BCUT2D eigenvalue weighted by molar-refractivity contribution is 0.416. The summed E-state index contributed by atoms with van der Waals surface area (Å²) in [5.74, 6) is 0.939. The highest BCUT2D eigenvalue weighted by molar-refractivity contribution is 5.83. The summed E-state index contributed by atoms with van der Waals surface area (Å²) in [4.78, 5) is 18.2. The second kappa shape index (κ2) is 13.2. The van der Waals surface area contributed by atoms with E-state index in [1.165, 1.54) is 6.07 Å². The number of imidazole rings is 1. The minimum atomic E-state index is -0.356. The van der Waals surface area contributed by atoms with Gasteiger partial charge in [0.1, 0.15) is 11.3 Å². The van der Waals surface area contributed by atoms with Crippen LogP contribution < -0.4 is 15.5 Å². The van der Waals surface area contributed by atoms with Crippen molar-refractivity contribution in [1.82, 2.24) is 24.4 Å². The lowest BCUT2D eigenvalue weighted by Crippen LogP contribution is -2.29. The first-order chi connectivity index (χ1) is 20.1. The van der Waals surface area contributed by atoms with Crippen molar-refractivity contribution in [2.75, 3.05) is 49.8 Å². The standard InChI is InChI=1S/C33H43FN8/c1-10-22(6)36-28-20-27(23(11-2)18-29(28)41(9)16-15-40(7)8)38-33-35-14-13-26(37-33)24-17-25(34)32-30(19-24)42(21(4)5)31(12-3)39-32/h10,13-14,17-21,36H,1,6,11-12,15-16H2,2-5,7-9H3,(H,35,37,38). The molecule has 0 atom stereocenters. The fourth-order valence-electron chi connectivity index (χ4n) is 5.03. The fourth-order valence-corrected chi connectivity index (χ4v) is 5.03. The van der Waals surface area contributed by atoms with E-state index in [1.54, 1.807) is 18.3 Å². The van der Waals surface area contributed by atoms with Gasteiger partial charge in [-0.1, -0.05) is 27.0 Å². The summed E-state index contributed by atoms with van der Waals surface area (Å²) in [6.07, 6.45) is 4.92. The third-order valence-corrected chi connectivity index (χ3v) is 7.29. The third kappa shape index (κ3) is 6.62. The molecule has 2 N–H and O–H groups in total. The summed E-state index contributed by atoms with van der Waals surface area (Å²) in [5.41, 5.74) is 7.12. The molecular formula is C33H43FN8. The van der Waals surface area contributed by atoms with Gasteiger partial charge in [0, 0.05) is 55.7 Å². The van der Waals surface area contributed by atoms with Gasteiger partial charge in [-0.25, -0.2) is 19.3 Å². The van der Waals surface area contributed by atoms with Crippen LogP contribution in [0.1, 0.15) is 45.1 Å². The summed E-state index contributed by atoms with van der Waals surface area (Å²) in [6.45, 7) is 18.0. The van der Waals surface area contributed by atoms with Crippen molar-refractivity contribution in [3.05, 3.63) is 78.7 Å². The second-order valence-corrected chi connectivity index (χ2v) is 11.0. The molecule has 0 amide bonds. The van der Waals surface area contributed by atoms with Crippen molar-refractivity contribution in [1.29, 1.82) is 0 Å². The maximum Gasteiger partial charge on any atom is 0.227 e. The van der Waals surface area contributed by atoms with Gasteiger partial charge in [0.05, 0.1) is 22.6 Å². The molecule has 4 rings (SSSR count). The van der Waals surface area contributed by atoms with E-state index in [9.17, 15) is 0 Å². The Morgan fingerprint density at radius 1 is 1.05 bits per heavy atom. The molecule has 0 fully saturated rings. The van der Waals surface area contributed by atoms with Gasteiger partial charge >= 0.3 is 0 Å². The van der Waals surface area contributed by atoms with Crippen LogP contribution in [0.3, 0.4) is 0 Å². The summed E-state index contributed by atoms with van der Waals surface area (Å²) >= 11 is 0. The van der Waals surface area contributed by atoms with Crippen LogP contribution in [0.15, 0.2) is 61.5 Å². The Balaban J connectivity index is 1.73. The molecule has 8 nitrogen and oxygen atoms in total. The van der Waals surface area contributed by atoms with Crippen LogP contribution >= 0.6 is 0 Å². The van der Waals surface area contributed by atoms with Crippen molar-refractivity contribution in [2.45, 2.75) is 46.6 Å². The van der Waals surface area contributed by atoms with Crippen LogP contribution in [0, 0.1) is 5.82 Å². The zero-order valence-corrected chi connectivity index (χ0v) is 25.9. The first-order valence-electron chi connectivity index (χ1n) is 14.5. The number of hydrogen-bond donors (Lipinski definition) is 2. The number of nitrogens with one attached hydrogen (secondary N) is 2. The third-order valence-electron chi connectivity index (χ3n) is 7.29. The molecule has 0 aliphatic carbocycles. The normalized spacial score (nSPS) is 11.4. The Labute approximate surface area is 249 Å². The Morgan fingerprint density at radius 3 is 2.45 bits per heavy atom. The minimum absolute atomic E-state index is 0.152. The number of halogens is 1. The van der Waals surface area contributed by atoms with E-state index >= 15 is 4.39 Å². The van der Waals surface area contributed by atoms with Gasteiger partial charge in [-0.3, -0.25) is 0 Å². The quantitative estimate of drug-likeness (QED) is 0.165. The number of aromatic nitrogens is 4. The molecule has 0 aliphatic heterocycles. The first kappa shape index (κ1) is 30.7. The molecule has 2 heterocycles. The van der Waals surface area contributed by atoms with Crippen molar-refractivity contribution < 1.29 is 4.39 Å². The average Bonchev–Trinajstić information content (AvgIpc) is 3.36. The van der Waals surface area contributed by atoms with Gasteiger partial charge in [0.2, 0.25) is 5.95 Å². The molecule has 222 valence electrons. The van der Waals surface area contributed by atoms with Gasteiger partial charge in [-0.05, 0) is 76.3 Å². The van der Waals surface area contributed by atoms with E-state index in [4.69, 9.17) is 4.98 Å². The van der Waals surface area contributed by atoms with E-state index in [1.807, 2.05) is 13.0 Å². The fraction of sp³-hybridized carbons (Fsp3) is 0.364. The van der Waals surface area contributed by atoms with Gasteiger partial charge in [0.15, 0.2) is 5.82 Å². The summed E-state index contributed by atoms with van der Waals surface area (Å²) in [5, 5.41) is 6.81. The number of fused-ring (bicyclic) bond motifs is 1. The number of benzene rings is 2. The van der Waals surface area contributed by atoms with Crippen molar-refractivity contribution >= 4 is 34.0 Å². The summed E-state index contributed by atoms with van der Waals surface area (Å²) < 4.78 is 17.4. The van der Waals surface area contributed by atoms with Gasteiger partial charge in [0.25, 0.3) is 0 Å². The number of nitrogens with zero attached hydrogens (tertiary/aromatic N) is 6. The van der Waals surface area contributed by atoms with E-state index in [-0.39, 0.29) is 11.9 Å². The van der Waals surface area contributed by atoms with Crippen molar-refractivity contribution in [3.8, 4) is 11.3 Å². The lowest BCUT2D eigenvalue weighted by Gasteiger charge is -2.26. The Kier molecular flexibility index (Phi) is 9.63. The summed E-state index contributed by atoms with van der Waals surface area (Å²) in [7, 11) is 6.22. The summed E-state index contributed by atoms with van der Waals surface area (Å²) in [6, 6.07) is 9.67. The molecular weight excluding hydrogens is 527 g/mol. The maximum atomic E-state index is 15.3. The molecule has 0 spiro atoms. The first-order valence-corrected chi connectivity index (χ1v) is 14.5. The molecule has 0 bridgehead atoms. The smallest absolute Gasteiger partial charge is 0.227 e. The maximum absolute atomic E-state index is 15.3. The number of allylic oxidation sites excluding steroid dienone is 1. The van der Waals surface area contributed by atoms with E-state index in [0.717, 1.165) is 59.9 Å². The zero-order valence-electron chi connectivity index (χ0n) is 25.9. The Bertz CT molecular complexity index is 1590. The predicted molar refractivity (Wildman–Crippen MR) is 174 cm³/mol. The highest BCUT2D eigenvalue weighted by Gasteiger charge is 2.18. The predicted octanol–water partition coefficient (Wildman–Crippen LogP) is 7.19. The van der Waals surface area contributed by atoms with E-state index in [2.05, 4.69) is 102 Å². The number of anilines is 4. The molecule has 0 unspecified atom stereocenters. The molecule has 4 aromatic rings. The van der Waals surface area contributed by atoms with Crippen LogP contribution in [0.5, 0.6) is 0 Å². The topological polar surface area (TPSA) is 74.1 Å². The molecule has 42 heavy (non-hydrogen) atoms. The van der Waals surface area contributed by atoms with Crippen LogP contribution in [0.25, 0.3) is 22.3 Å². The largest absolute Gasteiger partial charge is 0.372 e. The van der Waals surface area contributed by atoms with Crippen LogP contribution in [-0.2, 0) is 12.8 Å². The monoisotopic (exact) mass is 570 g/mol. The molecule has 0 aliphatic rings. The van der Waals surface area contributed by atoms with E-state index in [0.29, 0.717) is 28.4 Å². The molecule has 9 heteroatoms. The lowest BCUT2D eigenvalue weighted by atomic mass is 10.1. The van der Waals surface area contributed by atoms with Gasteiger partial charge < -0.3 is 25.0 Å². The molecule has 0 saturated carbocycles. The molecule has 2 aromatic heterocycles. The Morgan fingerprint density at radius 2 is 1.81 bits per heavy atom. The van der Waals surface area contributed by atoms with Crippen molar-refractivity contribution in [3.63, 3.8) is 0 Å². The minimum Gasteiger partial charge on any atom is -0.372 e. The highest BCUT2D eigenvalue weighted by atomic mass is 19.1.